The number of nitrogens with zero attached hydrogens (tertiary/aromatic N) is 4. The lowest BCUT2D eigenvalue weighted by Gasteiger charge is -2.36. The Hall–Kier alpha value is -2.97. The fraction of sp³-hybridized carbons (Fsp3) is 0.200. The van der Waals surface area contributed by atoms with Crippen LogP contribution in [-0.2, 0) is 4.79 Å². The van der Waals surface area contributed by atoms with E-state index in [1.807, 2.05) is 0 Å². The lowest BCUT2D eigenvalue weighted by molar-refractivity contribution is -0.128. The SMILES string of the molecule is CN1C(=O)C2C(=Nc3ccc(F)c(F)c3F)C=CN=C2N(C)C1=O. The Morgan fingerprint density at radius 1 is 1.08 bits per heavy atom. The largest absolute Gasteiger partial charge is 0.331 e. The second-order valence-corrected chi connectivity index (χ2v) is 5.21. The Kier molecular flexibility index (Phi) is 3.70. The number of allylic oxidation sites excluding steroid dienone is 1. The van der Waals surface area contributed by atoms with Gasteiger partial charge in [0.05, 0.1) is 5.71 Å². The fourth-order valence-corrected chi connectivity index (χ4v) is 2.46. The maximum Gasteiger partial charge on any atom is 0.331 e. The van der Waals surface area contributed by atoms with Gasteiger partial charge in [0.2, 0.25) is 5.91 Å². The normalized spacial score (nSPS) is 22.1. The quantitative estimate of drug-likeness (QED) is 0.738. The first-order valence-corrected chi connectivity index (χ1v) is 6.84. The molecule has 1 saturated heterocycles. The molecule has 0 spiro atoms. The topological polar surface area (TPSA) is 65.3 Å². The van der Waals surface area contributed by atoms with E-state index in [0.29, 0.717) is 0 Å². The Morgan fingerprint density at radius 3 is 2.50 bits per heavy atom. The van der Waals surface area contributed by atoms with Crippen LogP contribution in [0.5, 0.6) is 0 Å². The van der Waals surface area contributed by atoms with E-state index in [2.05, 4.69) is 9.98 Å². The van der Waals surface area contributed by atoms with Gasteiger partial charge >= 0.3 is 6.03 Å². The van der Waals surface area contributed by atoms with Crippen LogP contribution >= 0.6 is 0 Å². The van der Waals surface area contributed by atoms with Crippen molar-refractivity contribution >= 4 is 29.2 Å². The van der Waals surface area contributed by atoms with Gasteiger partial charge in [0, 0.05) is 20.3 Å². The number of carbonyl (C=O) groups is 2. The van der Waals surface area contributed by atoms with Crippen LogP contribution in [0.4, 0.5) is 23.7 Å². The number of halogens is 3. The minimum atomic E-state index is -1.65. The van der Waals surface area contributed by atoms with E-state index < -0.39 is 41.0 Å². The molecular formula is C15H11F3N4O2. The fourth-order valence-electron chi connectivity index (χ4n) is 2.46. The molecule has 6 nitrogen and oxygen atoms in total. The van der Waals surface area contributed by atoms with Crippen LogP contribution in [0, 0.1) is 23.4 Å². The molecule has 24 heavy (non-hydrogen) atoms. The molecule has 1 aromatic rings. The number of hydrogen-bond donors (Lipinski definition) is 0. The van der Waals surface area contributed by atoms with E-state index in [-0.39, 0.29) is 11.5 Å². The molecule has 0 aromatic heterocycles. The van der Waals surface area contributed by atoms with Crippen molar-refractivity contribution in [3.8, 4) is 0 Å². The number of imide groups is 1. The number of aliphatic imine (C=N–C) groups is 2. The standard InChI is InChI=1S/C15H11F3N4O2/c1-21-13-10(14(23)22(2)15(21)24)8(5-6-19-13)20-9-4-3-7(16)11(17)12(9)18/h3-6,10H,1-2H3. The van der Waals surface area contributed by atoms with Crippen LogP contribution < -0.4 is 0 Å². The highest BCUT2D eigenvalue weighted by Gasteiger charge is 2.43. The van der Waals surface area contributed by atoms with Gasteiger partial charge in [-0.05, 0) is 18.2 Å². The van der Waals surface area contributed by atoms with Crippen molar-refractivity contribution < 1.29 is 22.8 Å². The monoisotopic (exact) mass is 336 g/mol. The van der Waals surface area contributed by atoms with Crippen molar-refractivity contribution in [1.82, 2.24) is 9.80 Å². The number of benzene rings is 1. The number of urea groups is 1. The van der Waals surface area contributed by atoms with Crippen LogP contribution in [0.2, 0.25) is 0 Å². The van der Waals surface area contributed by atoms with Gasteiger partial charge in [0.15, 0.2) is 17.5 Å². The van der Waals surface area contributed by atoms with E-state index in [1.54, 1.807) is 0 Å². The Balaban J connectivity index is 2.09. The summed E-state index contributed by atoms with van der Waals surface area (Å²) in [7, 11) is 2.73. The van der Waals surface area contributed by atoms with Gasteiger partial charge in [-0.3, -0.25) is 14.6 Å². The van der Waals surface area contributed by atoms with Crippen LogP contribution in [0.15, 0.2) is 34.4 Å². The number of rotatable bonds is 1. The highest BCUT2D eigenvalue weighted by molar-refractivity contribution is 6.32. The lowest BCUT2D eigenvalue weighted by atomic mass is 9.95. The van der Waals surface area contributed by atoms with Crippen LogP contribution in [0.25, 0.3) is 0 Å². The molecule has 0 N–H and O–H groups in total. The minimum Gasteiger partial charge on any atom is -0.284 e. The molecule has 2 heterocycles. The van der Waals surface area contributed by atoms with Crippen molar-refractivity contribution in [3.63, 3.8) is 0 Å². The average Bonchev–Trinajstić information content (AvgIpc) is 2.58. The highest BCUT2D eigenvalue weighted by Crippen LogP contribution is 2.27. The first-order valence-electron chi connectivity index (χ1n) is 6.84. The molecule has 9 heteroatoms. The Bertz CT molecular complexity index is 847. The summed E-state index contributed by atoms with van der Waals surface area (Å²) in [5.74, 6) is -5.94. The molecule has 0 aliphatic carbocycles. The van der Waals surface area contributed by atoms with Crippen LogP contribution in [0.3, 0.4) is 0 Å². The van der Waals surface area contributed by atoms with E-state index in [1.165, 1.54) is 31.3 Å². The predicted octanol–water partition coefficient (Wildman–Crippen LogP) is 2.24. The zero-order valence-electron chi connectivity index (χ0n) is 12.6. The second-order valence-electron chi connectivity index (χ2n) is 5.21. The van der Waals surface area contributed by atoms with E-state index in [9.17, 15) is 22.8 Å². The molecule has 0 saturated carbocycles. The lowest BCUT2D eigenvalue weighted by Crippen LogP contribution is -2.59. The zero-order valence-corrected chi connectivity index (χ0v) is 12.6. The van der Waals surface area contributed by atoms with Gasteiger partial charge in [-0.15, -0.1) is 0 Å². The molecule has 0 radical (unpaired) electrons. The van der Waals surface area contributed by atoms with Gasteiger partial charge in [-0.25, -0.2) is 28.0 Å². The molecule has 1 unspecified atom stereocenters. The number of amides is 3. The zero-order chi connectivity index (χ0) is 17.6. The van der Waals surface area contributed by atoms with Crippen molar-refractivity contribution in [3.05, 3.63) is 41.9 Å². The molecule has 124 valence electrons. The molecule has 1 atom stereocenters. The summed E-state index contributed by atoms with van der Waals surface area (Å²) in [6.07, 6.45) is 2.65. The smallest absolute Gasteiger partial charge is 0.284 e. The molecule has 3 amide bonds. The van der Waals surface area contributed by atoms with Gasteiger partial charge in [0.25, 0.3) is 0 Å². The number of fused-ring (bicyclic) bond motifs is 1. The van der Waals surface area contributed by atoms with Gasteiger partial charge in [0.1, 0.15) is 17.4 Å². The second kappa shape index (κ2) is 5.59. The number of carbonyl (C=O) groups excluding carboxylic acids is 2. The van der Waals surface area contributed by atoms with E-state index in [4.69, 9.17) is 0 Å². The van der Waals surface area contributed by atoms with Crippen molar-refractivity contribution in [2.24, 2.45) is 15.9 Å². The summed E-state index contributed by atoms with van der Waals surface area (Å²) >= 11 is 0. The summed E-state index contributed by atoms with van der Waals surface area (Å²) in [4.78, 5) is 34.3. The summed E-state index contributed by atoms with van der Waals surface area (Å²) < 4.78 is 40.2. The molecular weight excluding hydrogens is 325 g/mol. The van der Waals surface area contributed by atoms with Crippen LogP contribution in [-0.4, -0.2) is 47.4 Å². The molecule has 1 aromatic carbocycles. The van der Waals surface area contributed by atoms with E-state index in [0.717, 1.165) is 17.0 Å². The maximum atomic E-state index is 13.8. The van der Waals surface area contributed by atoms with E-state index >= 15 is 0 Å². The third-order valence-corrected chi connectivity index (χ3v) is 3.77. The Labute approximate surface area is 134 Å². The Morgan fingerprint density at radius 2 is 1.79 bits per heavy atom. The van der Waals surface area contributed by atoms with Crippen molar-refractivity contribution in [1.29, 1.82) is 0 Å². The predicted molar refractivity (Wildman–Crippen MR) is 79.4 cm³/mol. The number of hydrogen-bond acceptors (Lipinski definition) is 4. The summed E-state index contributed by atoms with van der Waals surface area (Å²) in [5, 5.41) is 0. The molecule has 2 aliphatic heterocycles. The van der Waals surface area contributed by atoms with Crippen molar-refractivity contribution in [2.45, 2.75) is 0 Å². The first-order chi connectivity index (χ1) is 11.3. The highest BCUT2D eigenvalue weighted by atomic mass is 19.2. The summed E-state index contributed by atoms with van der Waals surface area (Å²) in [5.41, 5.74) is -0.383. The first kappa shape index (κ1) is 15.9. The summed E-state index contributed by atoms with van der Waals surface area (Å²) in [6, 6.07) is 1.14. The third-order valence-electron chi connectivity index (χ3n) is 3.77. The van der Waals surface area contributed by atoms with Gasteiger partial charge in [-0.1, -0.05) is 0 Å². The van der Waals surface area contributed by atoms with Crippen LogP contribution in [0.1, 0.15) is 0 Å². The van der Waals surface area contributed by atoms with Crippen molar-refractivity contribution in [2.75, 3.05) is 14.1 Å². The number of amidine groups is 1. The van der Waals surface area contributed by atoms with Gasteiger partial charge < -0.3 is 0 Å². The minimum absolute atomic E-state index is 0.0705. The maximum absolute atomic E-state index is 13.8. The molecule has 0 bridgehead atoms. The average molecular weight is 336 g/mol. The molecule has 2 aliphatic rings. The molecule has 1 fully saturated rings. The third kappa shape index (κ3) is 2.29. The van der Waals surface area contributed by atoms with Gasteiger partial charge in [-0.2, -0.15) is 0 Å². The summed E-state index contributed by atoms with van der Waals surface area (Å²) in [6.45, 7) is 0. The molecule has 3 rings (SSSR count).